The molecule has 1 atom stereocenters. The van der Waals surface area contributed by atoms with Crippen molar-refractivity contribution < 1.29 is 39.6 Å². The summed E-state index contributed by atoms with van der Waals surface area (Å²) in [4.78, 5) is 52.5. The standard InChI is InChI=1S/2C6H6N2O2.C5H9NO4.Se/c2*9-6(10)2-1-5-3-7-4-8-5;6-3(5(9)10)1-2-4(7)8;/h2*1-4H,(H,7,8)(H,9,10);3H,1-2,6H2,(H,7,8)(H,9,10);/q;;;+2/p-2/t;;3-;/m..0./s1. The molecule has 2 heterocycles. The van der Waals surface area contributed by atoms with E-state index in [0.717, 1.165) is 12.2 Å². The van der Waals surface area contributed by atoms with Crippen LogP contribution in [-0.4, -0.2) is 77.1 Å². The summed E-state index contributed by atoms with van der Waals surface area (Å²) in [5.74, 6) is -4.64. The summed E-state index contributed by atoms with van der Waals surface area (Å²) in [5.41, 5.74) is 6.15. The van der Waals surface area contributed by atoms with Crippen molar-refractivity contribution in [2.24, 2.45) is 5.73 Å². The summed E-state index contributed by atoms with van der Waals surface area (Å²) in [7, 11) is 0. The van der Waals surface area contributed by atoms with Crippen LogP contribution in [0.15, 0.2) is 37.2 Å². The van der Waals surface area contributed by atoms with Gasteiger partial charge < -0.3 is 45.7 Å². The Kier molecular flexibility index (Phi) is 16.3. The second-order valence-electron chi connectivity index (χ2n) is 5.17. The number of nitrogens with two attached hydrogens (primary N) is 1. The SMILES string of the molecule is N[C@@H](CCC(=O)O)C(=O)O.O=C([O-])C=Cc1c[nH]cn1.O=C([O-])C=Cc1c[nH]cn1.[Se+2]. The Balaban J connectivity index is 0. The van der Waals surface area contributed by atoms with Gasteiger partial charge in [-0.25, -0.2) is 9.97 Å². The van der Waals surface area contributed by atoms with Crippen molar-refractivity contribution in [1.29, 1.82) is 0 Å². The summed E-state index contributed by atoms with van der Waals surface area (Å²) in [6, 6.07) is -1.06. The molecule has 0 saturated heterocycles. The summed E-state index contributed by atoms with van der Waals surface area (Å²) < 4.78 is 0. The second-order valence-corrected chi connectivity index (χ2v) is 5.17. The molecule has 0 aliphatic heterocycles. The first kappa shape index (κ1) is 29.5. The van der Waals surface area contributed by atoms with E-state index < -0.39 is 29.9 Å². The molecule has 14 heteroatoms. The molecule has 0 fully saturated rings. The Morgan fingerprint density at radius 3 is 1.65 bits per heavy atom. The molecule has 13 nitrogen and oxygen atoms in total. The van der Waals surface area contributed by atoms with Crippen molar-refractivity contribution in [3.05, 3.63) is 48.6 Å². The molecular weight excluding hydrogens is 481 g/mol. The molecule has 0 aliphatic rings. The first-order valence-corrected chi connectivity index (χ1v) is 8.07. The summed E-state index contributed by atoms with van der Waals surface area (Å²) in [6.07, 6.45) is 10.4. The molecule has 0 saturated carbocycles. The monoisotopic (exact) mass is 501 g/mol. The number of imidazole rings is 2. The average Bonchev–Trinajstić information content (AvgIpc) is 3.37. The molecule has 2 aromatic rings. The Morgan fingerprint density at radius 2 is 1.39 bits per heavy atom. The van der Waals surface area contributed by atoms with Gasteiger partial charge in [-0.05, 0) is 30.7 Å². The fourth-order valence-electron chi connectivity index (χ4n) is 1.44. The van der Waals surface area contributed by atoms with Gasteiger partial charge in [0.15, 0.2) is 0 Å². The van der Waals surface area contributed by atoms with Crippen molar-refractivity contribution in [2.75, 3.05) is 0 Å². The van der Waals surface area contributed by atoms with E-state index >= 15 is 0 Å². The van der Waals surface area contributed by atoms with Gasteiger partial charge >= 0.3 is 29.0 Å². The smallest absolute Gasteiger partial charge is 0.545 e. The van der Waals surface area contributed by atoms with Gasteiger partial charge in [-0.3, -0.25) is 9.59 Å². The van der Waals surface area contributed by atoms with Gasteiger partial charge in [0.05, 0.1) is 36.0 Å². The minimum Gasteiger partial charge on any atom is -0.545 e. The number of hydrogen-bond donors (Lipinski definition) is 5. The van der Waals surface area contributed by atoms with Crippen molar-refractivity contribution in [1.82, 2.24) is 19.9 Å². The van der Waals surface area contributed by atoms with Crippen molar-refractivity contribution in [2.45, 2.75) is 18.9 Å². The van der Waals surface area contributed by atoms with Crippen molar-refractivity contribution >= 4 is 53.1 Å². The summed E-state index contributed by atoms with van der Waals surface area (Å²) >= 11 is 0. The van der Waals surface area contributed by atoms with Crippen LogP contribution >= 0.6 is 0 Å². The topological polar surface area (TPSA) is 238 Å². The number of nitrogens with zero attached hydrogens (tertiary/aromatic N) is 2. The maximum atomic E-state index is 9.99. The predicted octanol–water partition coefficient (Wildman–Crippen LogP) is -2.77. The number of aromatic nitrogens is 4. The summed E-state index contributed by atoms with van der Waals surface area (Å²) in [6.45, 7) is 0. The third kappa shape index (κ3) is 18.1. The van der Waals surface area contributed by atoms with Crippen LogP contribution in [0.2, 0.25) is 0 Å². The zero-order valence-electron chi connectivity index (χ0n) is 15.8. The van der Waals surface area contributed by atoms with Gasteiger partial charge in [0, 0.05) is 18.8 Å². The van der Waals surface area contributed by atoms with Gasteiger partial charge in [0.2, 0.25) is 0 Å². The van der Waals surface area contributed by atoms with Crippen LogP contribution in [0.25, 0.3) is 12.2 Å². The Morgan fingerprint density at radius 1 is 0.968 bits per heavy atom. The normalized spacial score (nSPS) is 10.7. The first-order valence-electron chi connectivity index (χ1n) is 8.07. The Hall–Kier alpha value is -3.74. The Bertz CT molecular complexity index is 796. The number of nitrogens with one attached hydrogen (secondary N) is 2. The molecule has 0 amide bonds. The molecule has 6 N–H and O–H groups in total. The molecular formula is C17H19N5O8Se. The molecule has 0 bridgehead atoms. The van der Waals surface area contributed by atoms with Gasteiger partial charge in [0.25, 0.3) is 0 Å². The third-order valence-electron chi connectivity index (χ3n) is 2.81. The van der Waals surface area contributed by atoms with E-state index in [1.54, 1.807) is 12.4 Å². The van der Waals surface area contributed by atoms with Crippen LogP contribution in [0.4, 0.5) is 0 Å². The van der Waals surface area contributed by atoms with Crippen LogP contribution in [-0.2, 0) is 19.2 Å². The Labute approximate surface area is 186 Å². The number of carboxylic acids is 4. The maximum Gasteiger partial charge on any atom is 2.00 e. The largest absolute Gasteiger partial charge is 2.00 e. The van der Waals surface area contributed by atoms with Crippen molar-refractivity contribution in [3.63, 3.8) is 0 Å². The summed E-state index contributed by atoms with van der Waals surface area (Å²) in [5, 5.41) is 36.0. The zero-order valence-corrected chi connectivity index (χ0v) is 17.5. The second kappa shape index (κ2) is 17.1. The van der Waals surface area contributed by atoms with Crippen molar-refractivity contribution in [3.8, 4) is 0 Å². The number of rotatable bonds is 8. The van der Waals surface area contributed by atoms with E-state index in [1.807, 2.05) is 0 Å². The van der Waals surface area contributed by atoms with Gasteiger partial charge in [0.1, 0.15) is 6.04 Å². The molecule has 0 unspecified atom stereocenters. The van der Waals surface area contributed by atoms with E-state index in [1.165, 1.54) is 24.8 Å². The van der Waals surface area contributed by atoms with Crippen LogP contribution in [0.3, 0.4) is 0 Å². The molecule has 0 spiro atoms. The minimum absolute atomic E-state index is 0. The fourth-order valence-corrected chi connectivity index (χ4v) is 1.44. The number of carboxylic acid groups (broad SMARTS) is 4. The van der Waals surface area contributed by atoms with Crippen LogP contribution in [0.5, 0.6) is 0 Å². The zero-order chi connectivity index (χ0) is 22.9. The van der Waals surface area contributed by atoms with E-state index in [2.05, 4.69) is 19.9 Å². The van der Waals surface area contributed by atoms with E-state index in [-0.39, 0.29) is 29.9 Å². The number of aliphatic carboxylic acids is 4. The molecule has 2 rings (SSSR count). The quantitative estimate of drug-likeness (QED) is 0.184. The predicted molar refractivity (Wildman–Crippen MR) is 103 cm³/mol. The minimum atomic E-state index is -1.22. The van der Waals surface area contributed by atoms with E-state index in [0.29, 0.717) is 11.4 Å². The molecule has 0 aromatic carbocycles. The molecule has 4 radical (unpaired) electrons. The number of hydrogen-bond acceptors (Lipinski definition) is 9. The van der Waals surface area contributed by atoms with Gasteiger partial charge in [-0.15, -0.1) is 0 Å². The maximum absolute atomic E-state index is 9.99. The van der Waals surface area contributed by atoms with Crippen LogP contribution in [0.1, 0.15) is 24.2 Å². The average molecular weight is 500 g/mol. The van der Waals surface area contributed by atoms with E-state index in [9.17, 15) is 29.4 Å². The van der Waals surface area contributed by atoms with Gasteiger partial charge in [-0.2, -0.15) is 0 Å². The first-order chi connectivity index (χ1) is 14.1. The molecule has 2 aromatic heterocycles. The number of aromatic amines is 2. The number of H-pyrrole nitrogens is 2. The number of carbonyl (C=O) groups excluding carboxylic acids is 2. The fraction of sp³-hybridized carbons (Fsp3) is 0.176. The number of carbonyl (C=O) groups is 4. The molecule has 0 aliphatic carbocycles. The van der Waals surface area contributed by atoms with Crippen LogP contribution in [0, 0.1) is 0 Å². The third-order valence-corrected chi connectivity index (χ3v) is 2.81. The molecule has 166 valence electrons. The van der Waals surface area contributed by atoms with E-state index in [4.69, 9.17) is 15.9 Å². The van der Waals surface area contributed by atoms with Gasteiger partial charge in [-0.1, -0.05) is 0 Å². The van der Waals surface area contributed by atoms with Crippen LogP contribution < -0.4 is 15.9 Å². The molecule has 31 heavy (non-hydrogen) atoms.